The summed E-state index contributed by atoms with van der Waals surface area (Å²) < 4.78 is 0. The lowest BCUT2D eigenvalue weighted by molar-refractivity contribution is -0.126. The Morgan fingerprint density at radius 2 is 1.91 bits per heavy atom. The van der Waals surface area contributed by atoms with E-state index < -0.39 is 0 Å². The average molecular weight is 305 g/mol. The van der Waals surface area contributed by atoms with Crippen LogP contribution >= 0.6 is 0 Å². The first-order valence-corrected chi connectivity index (χ1v) is 8.11. The van der Waals surface area contributed by atoms with Crippen molar-refractivity contribution in [3.8, 4) is 0 Å². The molecule has 2 rings (SSSR count). The monoisotopic (exact) mass is 305 g/mol. The minimum absolute atomic E-state index is 0.0823. The fraction of sp³-hybridized carbons (Fsp3) is 0.688. The van der Waals surface area contributed by atoms with E-state index in [-0.39, 0.29) is 18.0 Å². The van der Waals surface area contributed by atoms with Crippen molar-refractivity contribution in [2.24, 2.45) is 0 Å². The van der Waals surface area contributed by atoms with E-state index in [0.717, 1.165) is 44.1 Å². The fourth-order valence-corrected chi connectivity index (χ4v) is 2.66. The Bertz CT molecular complexity index is 497. The molecule has 1 aliphatic rings. The first-order chi connectivity index (χ1) is 10.5. The molecule has 1 saturated heterocycles. The van der Waals surface area contributed by atoms with E-state index in [4.69, 9.17) is 0 Å². The zero-order chi connectivity index (χ0) is 16.1. The number of hydrogen-bond acceptors (Lipinski definition) is 5. The normalized spacial score (nSPS) is 17.6. The van der Waals surface area contributed by atoms with Gasteiger partial charge >= 0.3 is 0 Å². The molecule has 1 aromatic heterocycles. The molecule has 122 valence electrons. The van der Waals surface area contributed by atoms with Crippen LogP contribution in [-0.4, -0.2) is 59.0 Å². The summed E-state index contributed by atoms with van der Waals surface area (Å²) >= 11 is 0. The standard InChI is InChI=1S/C16H27N5O/c1-5-14-10-15(18-11-17-14)21-8-6-20(7-9-21)13(4)16(22)19-12(2)3/h10-13H,5-9H2,1-4H3,(H,19,22). The molecule has 1 atom stereocenters. The third-order valence-electron chi connectivity index (χ3n) is 4.07. The molecule has 1 amide bonds. The Labute approximate surface area is 132 Å². The highest BCUT2D eigenvalue weighted by Crippen LogP contribution is 2.15. The first-order valence-electron chi connectivity index (χ1n) is 8.11. The van der Waals surface area contributed by atoms with Crippen molar-refractivity contribution in [2.45, 2.75) is 46.2 Å². The van der Waals surface area contributed by atoms with Gasteiger partial charge in [-0.25, -0.2) is 9.97 Å². The topological polar surface area (TPSA) is 61.4 Å². The zero-order valence-corrected chi connectivity index (χ0v) is 14.0. The molecule has 6 nitrogen and oxygen atoms in total. The van der Waals surface area contributed by atoms with Gasteiger partial charge < -0.3 is 10.2 Å². The lowest BCUT2D eigenvalue weighted by atomic mass is 10.2. The van der Waals surface area contributed by atoms with E-state index in [1.807, 2.05) is 20.8 Å². The highest BCUT2D eigenvalue weighted by atomic mass is 16.2. The van der Waals surface area contributed by atoms with Crippen LogP contribution in [0.1, 0.15) is 33.4 Å². The SMILES string of the molecule is CCc1cc(N2CCN(C(C)C(=O)NC(C)C)CC2)ncn1. The average Bonchev–Trinajstić information content (AvgIpc) is 2.53. The second kappa shape index (κ2) is 7.54. The first kappa shape index (κ1) is 16.7. The summed E-state index contributed by atoms with van der Waals surface area (Å²) in [6.07, 6.45) is 2.56. The summed E-state index contributed by atoms with van der Waals surface area (Å²) in [6.45, 7) is 11.6. The Morgan fingerprint density at radius 3 is 2.50 bits per heavy atom. The quantitative estimate of drug-likeness (QED) is 0.882. The van der Waals surface area contributed by atoms with Gasteiger partial charge in [-0.15, -0.1) is 0 Å². The Kier molecular flexibility index (Phi) is 5.71. The third-order valence-corrected chi connectivity index (χ3v) is 4.07. The number of piperazine rings is 1. The summed E-state index contributed by atoms with van der Waals surface area (Å²) in [4.78, 5) is 25.2. The molecule has 0 bridgehead atoms. The molecule has 0 spiro atoms. The van der Waals surface area contributed by atoms with Gasteiger partial charge in [0.05, 0.1) is 6.04 Å². The molecular formula is C16H27N5O. The van der Waals surface area contributed by atoms with Crippen molar-refractivity contribution in [2.75, 3.05) is 31.1 Å². The Hall–Kier alpha value is -1.69. The molecule has 0 radical (unpaired) electrons. The Balaban J connectivity index is 1.91. The molecule has 1 N–H and O–H groups in total. The molecule has 1 fully saturated rings. The Morgan fingerprint density at radius 1 is 1.23 bits per heavy atom. The summed E-state index contributed by atoms with van der Waals surface area (Å²) in [6, 6.07) is 2.16. The van der Waals surface area contributed by atoms with Gasteiger partial charge in [0, 0.05) is 44.0 Å². The molecule has 0 aliphatic carbocycles. The fourth-order valence-electron chi connectivity index (χ4n) is 2.66. The molecule has 6 heteroatoms. The third kappa shape index (κ3) is 4.16. The van der Waals surface area contributed by atoms with E-state index in [0.29, 0.717) is 0 Å². The largest absolute Gasteiger partial charge is 0.354 e. The van der Waals surface area contributed by atoms with E-state index >= 15 is 0 Å². The zero-order valence-electron chi connectivity index (χ0n) is 14.0. The van der Waals surface area contributed by atoms with Crippen molar-refractivity contribution in [1.82, 2.24) is 20.2 Å². The lowest BCUT2D eigenvalue weighted by Crippen LogP contribution is -2.54. The highest BCUT2D eigenvalue weighted by molar-refractivity contribution is 5.81. The van der Waals surface area contributed by atoms with E-state index in [9.17, 15) is 4.79 Å². The van der Waals surface area contributed by atoms with E-state index in [1.54, 1.807) is 6.33 Å². The number of rotatable bonds is 5. The number of carbonyl (C=O) groups is 1. The molecule has 1 unspecified atom stereocenters. The molecule has 2 heterocycles. The second-order valence-electron chi connectivity index (χ2n) is 6.08. The number of nitrogens with zero attached hydrogens (tertiary/aromatic N) is 4. The number of nitrogens with one attached hydrogen (secondary N) is 1. The summed E-state index contributed by atoms with van der Waals surface area (Å²) in [5.74, 6) is 1.10. The maximum Gasteiger partial charge on any atom is 0.237 e. The summed E-state index contributed by atoms with van der Waals surface area (Å²) in [5.41, 5.74) is 1.07. The maximum absolute atomic E-state index is 12.1. The smallest absolute Gasteiger partial charge is 0.237 e. The van der Waals surface area contributed by atoms with Gasteiger partial charge in [-0.3, -0.25) is 9.69 Å². The minimum Gasteiger partial charge on any atom is -0.354 e. The lowest BCUT2D eigenvalue weighted by Gasteiger charge is -2.38. The minimum atomic E-state index is -0.0823. The molecule has 0 aromatic carbocycles. The number of amides is 1. The van der Waals surface area contributed by atoms with Crippen LogP contribution in [0.25, 0.3) is 0 Å². The van der Waals surface area contributed by atoms with Gasteiger partial charge in [0.1, 0.15) is 12.1 Å². The molecule has 1 aromatic rings. The number of aromatic nitrogens is 2. The predicted molar refractivity (Wildman–Crippen MR) is 87.9 cm³/mol. The van der Waals surface area contributed by atoms with Gasteiger partial charge in [0.25, 0.3) is 0 Å². The van der Waals surface area contributed by atoms with Crippen LogP contribution < -0.4 is 10.2 Å². The number of hydrogen-bond donors (Lipinski definition) is 1. The van der Waals surface area contributed by atoms with E-state index in [1.165, 1.54) is 0 Å². The molecular weight excluding hydrogens is 278 g/mol. The van der Waals surface area contributed by atoms with Crippen LogP contribution in [0, 0.1) is 0 Å². The van der Waals surface area contributed by atoms with Crippen LogP contribution in [0.2, 0.25) is 0 Å². The highest BCUT2D eigenvalue weighted by Gasteiger charge is 2.26. The van der Waals surface area contributed by atoms with Crippen molar-refractivity contribution >= 4 is 11.7 Å². The van der Waals surface area contributed by atoms with Crippen LogP contribution in [0.3, 0.4) is 0 Å². The van der Waals surface area contributed by atoms with Crippen molar-refractivity contribution in [3.05, 3.63) is 18.1 Å². The van der Waals surface area contributed by atoms with Crippen LogP contribution in [0.15, 0.2) is 12.4 Å². The molecule has 22 heavy (non-hydrogen) atoms. The summed E-state index contributed by atoms with van der Waals surface area (Å²) in [5, 5.41) is 2.98. The van der Waals surface area contributed by atoms with Crippen LogP contribution in [0.4, 0.5) is 5.82 Å². The molecule has 0 saturated carbocycles. The second-order valence-corrected chi connectivity index (χ2v) is 6.08. The van der Waals surface area contributed by atoms with Gasteiger partial charge in [0.15, 0.2) is 0 Å². The molecule has 1 aliphatic heterocycles. The van der Waals surface area contributed by atoms with Gasteiger partial charge in [-0.05, 0) is 27.2 Å². The summed E-state index contributed by atoms with van der Waals surface area (Å²) in [7, 11) is 0. The van der Waals surface area contributed by atoms with Crippen LogP contribution in [0.5, 0.6) is 0 Å². The van der Waals surface area contributed by atoms with Gasteiger partial charge in [-0.2, -0.15) is 0 Å². The van der Waals surface area contributed by atoms with Gasteiger partial charge in [-0.1, -0.05) is 6.92 Å². The predicted octanol–water partition coefficient (Wildman–Crippen LogP) is 1.07. The van der Waals surface area contributed by atoms with Gasteiger partial charge in [0.2, 0.25) is 5.91 Å². The maximum atomic E-state index is 12.1. The number of anilines is 1. The number of carbonyl (C=O) groups excluding carboxylic acids is 1. The van der Waals surface area contributed by atoms with Crippen molar-refractivity contribution in [1.29, 1.82) is 0 Å². The van der Waals surface area contributed by atoms with Crippen molar-refractivity contribution < 1.29 is 4.79 Å². The van der Waals surface area contributed by atoms with Crippen molar-refractivity contribution in [3.63, 3.8) is 0 Å². The number of aryl methyl sites for hydroxylation is 1. The van der Waals surface area contributed by atoms with Crippen LogP contribution in [-0.2, 0) is 11.2 Å². The van der Waals surface area contributed by atoms with E-state index in [2.05, 4.69) is 38.1 Å².